The number of hydrogen-bond acceptors (Lipinski definition) is 5. The van der Waals surface area contributed by atoms with E-state index >= 15 is 0 Å². The Labute approximate surface area is 182 Å². The van der Waals surface area contributed by atoms with Crippen LogP contribution < -0.4 is 9.47 Å². The van der Waals surface area contributed by atoms with Gasteiger partial charge in [-0.25, -0.2) is 4.98 Å². The number of aryl methyl sites for hydroxylation is 1. The number of benzene rings is 2. The lowest BCUT2D eigenvalue weighted by atomic mass is 10.0. The number of nitrogens with zero attached hydrogens (tertiary/aromatic N) is 2. The van der Waals surface area contributed by atoms with Crippen LogP contribution in [0.5, 0.6) is 11.5 Å². The summed E-state index contributed by atoms with van der Waals surface area (Å²) in [5.74, 6) is 2.53. The average Bonchev–Trinajstić information content (AvgIpc) is 3.27. The van der Waals surface area contributed by atoms with Crippen LogP contribution in [0, 0.1) is 6.92 Å². The number of methoxy groups -OCH3 is 1. The van der Waals surface area contributed by atoms with E-state index in [9.17, 15) is 4.79 Å². The van der Waals surface area contributed by atoms with Gasteiger partial charge < -0.3 is 18.8 Å². The van der Waals surface area contributed by atoms with E-state index in [4.69, 9.17) is 13.9 Å². The number of amides is 1. The summed E-state index contributed by atoms with van der Waals surface area (Å²) in [6.45, 7) is 2.61. The van der Waals surface area contributed by atoms with Gasteiger partial charge in [-0.15, -0.1) is 0 Å². The van der Waals surface area contributed by atoms with Crippen molar-refractivity contribution >= 4 is 5.91 Å². The maximum absolute atomic E-state index is 13.0. The number of oxazole rings is 1. The van der Waals surface area contributed by atoms with Gasteiger partial charge in [0.15, 0.2) is 18.1 Å². The number of piperidine rings is 1. The molecule has 0 spiro atoms. The predicted molar refractivity (Wildman–Crippen MR) is 117 cm³/mol. The topological polar surface area (TPSA) is 64.8 Å². The molecular weight excluding hydrogens is 392 g/mol. The fourth-order valence-corrected chi connectivity index (χ4v) is 3.96. The monoisotopic (exact) mass is 420 g/mol. The van der Waals surface area contributed by atoms with Crippen molar-refractivity contribution in [3.8, 4) is 11.5 Å². The van der Waals surface area contributed by atoms with Crippen molar-refractivity contribution in [2.24, 2.45) is 0 Å². The first-order valence-corrected chi connectivity index (χ1v) is 10.7. The van der Waals surface area contributed by atoms with Crippen molar-refractivity contribution in [2.45, 2.75) is 38.6 Å². The molecule has 1 unspecified atom stereocenters. The molecule has 1 aromatic heterocycles. The average molecular weight is 421 g/mol. The SMILES string of the molecule is COc1cc(C)ccc1OCC(=O)N1CCCCC1c1ncc(Cc2ccccc2)o1. The van der Waals surface area contributed by atoms with Crippen LogP contribution in [0.4, 0.5) is 0 Å². The molecule has 6 nitrogen and oxygen atoms in total. The maximum Gasteiger partial charge on any atom is 0.261 e. The second kappa shape index (κ2) is 9.69. The highest BCUT2D eigenvalue weighted by molar-refractivity contribution is 5.78. The van der Waals surface area contributed by atoms with Crippen LogP contribution in [-0.2, 0) is 11.2 Å². The summed E-state index contributed by atoms with van der Waals surface area (Å²) in [6.07, 6.45) is 5.30. The van der Waals surface area contributed by atoms with Crippen molar-refractivity contribution in [2.75, 3.05) is 20.3 Å². The van der Waals surface area contributed by atoms with E-state index in [2.05, 4.69) is 17.1 Å². The highest BCUT2D eigenvalue weighted by Gasteiger charge is 2.31. The van der Waals surface area contributed by atoms with Crippen molar-refractivity contribution in [3.05, 3.63) is 77.5 Å². The summed E-state index contributed by atoms with van der Waals surface area (Å²) < 4.78 is 17.2. The second-order valence-corrected chi connectivity index (χ2v) is 7.87. The molecule has 2 aromatic carbocycles. The molecule has 2 heterocycles. The van der Waals surface area contributed by atoms with Crippen LogP contribution in [0.15, 0.2) is 59.1 Å². The van der Waals surface area contributed by atoms with Crippen LogP contribution in [0.2, 0.25) is 0 Å². The maximum atomic E-state index is 13.0. The third kappa shape index (κ3) is 5.08. The van der Waals surface area contributed by atoms with Crippen LogP contribution >= 0.6 is 0 Å². The molecule has 1 saturated heterocycles. The van der Waals surface area contributed by atoms with Crippen LogP contribution in [0.25, 0.3) is 0 Å². The predicted octanol–water partition coefficient (Wildman–Crippen LogP) is 4.72. The quantitative estimate of drug-likeness (QED) is 0.554. The van der Waals surface area contributed by atoms with Gasteiger partial charge in [-0.2, -0.15) is 0 Å². The molecule has 0 N–H and O–H groups in total. The molecule has 6 heteroatoms. The van der Waals surface area contributed by atoms with E-state index in [0.29, 0.717) is 30.4 Å². The van der Waals surface area contributed by atoms with Gasteiger partial charge in [0.25, 0.3) is 5.91 Å². The summed E-state index contributed by atoms with van der Waals surface area (Å²) in [5.41, 5.74) is 2.24. The Morgan fingerprint density at radius 2 is 2.00 bits per heavy atom. The smallest absolute Gasteiger partial charge is 0.261 e. The fourth-order valence-electron chi connectivity index (χ4n) is 3.96. The molecule has 31 heavy (non-hydrogen) atoms. The molecule has 4 rings (SSSR count). The van der Waals surface area contributed by atoms with Crippen molar-refractivity contribution in [1.29, 1.82) is 0 Å². The molecule has 0 radical (unpaired) electrons. The minimum absolute atomic E-state index is 0.0481. The van der Waals surface area contributed by atoms with Crippen LogP contribution in [0.3, 0.4) is 0 Å². The number of likely N-dealkylation sites (tertiary alicyclic amines) is 1. The summed E-state index contributed by atoms with van der Waals surface area (Å²) in [7, 11) is 1.60. The Balaban J connectivity index is 1.43. The zero-order valence-corrected chi connectivity index (χ0v) is 18.0. The number of carbonyl (C=O) groups is 1. The molecule has 1 amide bonds. The molecule has 162 valence electrons. The summed E-state index contributed by atoms with van der Waals surface area (Å²) in [6, 6.07) is 15.7. The Kier molecular flexibility index (Phi) is 6.55. The highest BCUT2D eigenvalue weighted by Crippen LogP contribution is 2.32. The first-order chi connectivity index (χ1) is 15.1. The molecule has 0 bridgehead atoms. The number of aromatic nitrogens is 1. The molecule has 1 aliphatic heterocycles. The van der Waals surface area contributed by atoms with Gasteiger partial charge in [-0.1, -0.05) is 36.4 Å². The first kappa shape index (κ1) is 21.0. The molecular formula is C25H28N2O4. The molecule has 0 aliphatic carbocycles. The Hall–Kier alpha value is -3.28. The Morgan fingerprint density at radius 3 is 2.81 bits per heavy atom. The van der Waals surface area contributed by atoms with E-state index < -0.39 is 0 Å². The number of carbonyl (C=O) groups excluding carboxylic acids is 1. The second-order valence-electron chi connectivity index (χ2n) is 7.87. The third-order valence-corrected chi connectivity index (χ3v) is 5.57. The number of rotatable bonds is 7. The number of ether oxygens (including phenoxy) is 2. The van der Waals surface area contributed by atoms with Gasteiger partial charge in [0, 0.05) is 13.0 Å². The Bertz CT molecular complexity index is 1020. The van der Waals surface area contributed by atoms with Crippen molar-refractivity contribution in [1.82, 2.24) is 9.88 Å². The zero-order chi connectivity index (χ0) is 21.6. The normalized spacial score (nSPS) is 16.2. The van der Waals surface area contributed by atoms with E-state index in [-0.39, 0.29) is 18.6 Å². The third-order valence-electron chi connectivity index (χ3n) is 5.57. The van der Waals surface area contributed by atoms with Gasteiger partial charge >= 0.3 is 0 Å². The van der Waals surface area contributed by atoms with Crippen LogP contribution in [-0.4, -0.2) is 36.1 Å². The largest absolute Gasteiger partial charge is 0.493 e. The lowest BCUT2D eigenvalue weighted by Crippen LogP contribution is -2.41. The van der Waals surface area contributed by atoms with Gasteiger partial charge in [-0.05, 0) is 49.4 Å². The molecule has 1 atom stereocenters. The van der Waals surface area contributed by atoms with E-state index in [0.717, 1.165) is 30.6 Å². The Morgan fingerprint density at radius 1 is 1.16 bits per heavy atom. The van der Waals surface area contributed by atoms with E-state index in [1.165, 1.54) is 5.56 Å². The number of hydrogen-bond donors (Lipinski definition) is 0. The molecule has 0 saturated carbocycles. The van der Waals surface area contributed by atoms with E-state index in [1.54, 1.807) is 13.3 Å². The van der Waals surface area contributed by atoms with E-state index in [1.807, 2.05) is 48.2 Å². The summed E-state index contributed by atoms with van der Waals surface area (Å²) in [5, 5.41) is 0. The summed E-state index contributed by atoms with van der Waals surface area (Å²) in [4.78, 5) is 19.3. The van der Waals surface area contributed by atoms with Gasteiger partial charge in [-0.3, -0.25) is 4.79 Å². The van der Waals surface area contributed by atoms with Crippen LogP contribution in [0.1, 0.15) is 48.1 Å². The van der Waals surface area contributed by atoms with Gasteiger partial charge in [0.1, 0.15) is 11.8 Å². The lowest BCUT2D eigenvalue weighted by Gasteiger charge is -2.33. The summed E-state index contributed by atoms with van der Waals surface area (Å²) >= 11 is 0. The zero-order valence-electron chi connectivity index (χ0n) is 18.0. The standard InChI is InChI=1S/C25H28N2O4/c1-18-11-12-22(23(14-18)29-2)30-17-24(28)27-13-7-6-10-21(27)25-26-16-20(31-25)15-19-8-4-3-5-9-19/h3-5,8-9,11-12,14,16,21H,6-7,10,13,15,17H2,1-2H3. The fraction of sp³-hybridized carbons (Fsp3) is 0.360. The highest BCUT2D eigenvalue weighted by atomic mass is 16.5. The minimum atomic E-state index is -0.158. The van der Waals surface area contributed by atoms with Gasteiger partial charge in [0.05, 0.1) is 13.3 Å². The molecule has 3 aromatic rings. The van der Waals surface area contributed by atoms with Crippen molar-refractivity contribution in [3.63, 3.8) is 0 Å². The first-order valence-electron chi connectivity index (χ1n) is 10.7. The molecule has 1 fully saturated rings. The molecule has 1 aliphatic rings. The van der Waals surface area contributed by atoms with Crippen molar-refractivity contribution < 1.29 is 18.7 Å². The minimum Gasteiger partial charge on any atom is -0.493 e. The van der Waals surface area contributed by atoms with Gasteiger partial charge in [0.2, 0.25) is 5.89 Å². The lowest BCUT2D eigenvalue weighted by molar-refractivity contribution is -0.137.